The molecule has 0 atom stereocenters. The van der Waals surface area contributed by atoms with Crippen molar-refractivity contribution >= 4 is 47.1 Å². The van der Waals surface area contributed by atoms with Gasteiger partial charge in [-0.15, -0.1) is 0 Å². The molecule has 0 saturated carbocycles. The zero-order chi connectivity index (χ0) is 9.84. The summed E-state index contributed by atoms with van der Waals surface area (Å²) in [6.07, 6.45) is 0. The Morgan fingerprint density at radius 2 is 2.07 bits per heavy atom. The molecule has 5 heteroatoms. The minimum Gasteiger partial charge on any atom is -0.287 e. The molecule has 0 fully saturated rings. The number of benzene rings is 1. The van der Waals surface area contributed by atoms with Crippen LogP contribution in [-0.4, -0.2) is 35.5 Å². The summed E-state index contributed by atoms with van der Waals surface area (Å²) in [7, 11) is 0. The molecule has 0 heterocycles. The summed E-state index contributed by atoms with van der Waals surface area (Å²) in [5.74, 6) is -0.0536. The van der Waals surface area contributed by atoms with Gasteiger partial charge in [0.1, 0.15) is 0 Å². The van der Waals surface area contributed by atoms with Crippen molar-refractivity contribution in [1.29, 1.82) is 0 Å². The van der Waals surface area contributed by atoms with Crippen LogP contribution in [0.3, 0.4) is 0 Å². The SMILES string of the molecule is CC(=O)OOc1cc(Cl)ccc1C.[Na]. The van der Waals surface area contributed by atoms with E-state index in [1.165, 1.54) is 6.92 Å². The average molecular weight is 224 g/mol. The smallest absolute Gasteiger partial charge is 0.287 e. The maximum Gasteiger partial charge on any atom is 0.352 e. The molecular weight excluding hydrogens is 215 g/mol. The number of rotatable bonds is 2. The first-order valence-electron chi connectivity index (χ1n) is 3.71. The fraction of sp³-hybridized carbons (Fsp3) is 0.222. The molecule has 0 aliphatic carbocycles. The second-order valence-electron chi connectivity index (χ2n) is 2.57. The number of hydrogen-bond acceptors (Lipinski definition) is 3. The largest absolute Gasteiger partial charge is 0.352 e. The van der Waals surface area contributed by atoms with Gasteiger partial charge in [-0.05, 0) is 18.6 Å². The van der Waals surface area contributed by atoms with E-state index in [1.807, 2.05) is 6.92 Å². The molecule has 1 aromatic carbocycles. The Hall–Kier alpha value is -0.220. The Morgan fingerprint density at radius 3 is 2.64 bits per heavy atom. The van der Waals surface area contributed by atoms with Crippen LogP contribution >= 0.6 is 11.6 Å². The number of halogens is 1. The molecule has 0 aromatic heterocycles. The Bertz CT molecular complexity index is 328. The van der Waals surface area contributed by atoms with Crippen molar-refractivity contribution in [2.24, 2.45) is 0 Å². The molecule has 1 radical (unpaired) electrons. The van der Waals surface area contributed by atoms with E-state index < -0.39 is 5.97 Å². The van der Waals surface area contributed by atoms with Crippen molar-refractivity contribution in [3.05, 3.63) is 28.8 Å². The molecule has 14 heavy (non-hydrogen) atoms. The van der Waals surface area contributed by atoms with E-state index in [9.17, 15) is 4.79 Å². The molecule has 1 aromatic rings. The van der Waals surface area contributed by atoms with Gasteiger partial charge >= 0.3 is 5.97 Å². The molecule has 0 spiro atoms. The number of aryl methyl sites for hydroxylation is 1. The van der Waals surface area contributed by atoms with Crippen molar-refractivity contribution in [3.63, 3.8) is 0 Å². The second kappa shape index (κ2) is 6.30. The molecule has 0 amide bonds. The summed E-state index contributed by atoms with van der Waals surface area (Å²) < 4.78 is 0. The van der Waals surface area contributed by atoms with Gasteiger partial charge in [-0.1, -0.05) is 17.7 Å². The van der Waals surface area contributed by atoms with Gasteiger partial charge in [0.05, 0.1) is 0 Å². The van der Waals surface area contributed by atoms with Crippen molar-refractivity contribution < 1.29 is 14.6 Å². The van der Waals surface area contributed by atoms with E-state index in [0.29, 0.717) is 10.8 Å². The fourth-order valence-corrected chi connectivity index (χ4v) is 0.929. The van der Waals surface area contributed by atoms with Crippen molar-refractivity contribution in [2.75, 3.05) is 0 Å². The van der Waals surface area contributed by atoms with Crippen LogP contribution in [0.2, 0.25) is 5.02 Å². The monoisotopic (exact) mass is 223 g/mol. The first-order chi connectivity index (χ1) is 6.09. The Morgan fingerprint density at radius 1 is 1.43 bits per heavy atom. The summed E-state index contributed by atoms with van der Waals surface area (Å²) in [5, 5.41) is 0.535. The van der Waals surface area contributed by atoms with Crippen LogP contribution < -0.4 is 4.89 Å². The summed E-state index contributed by atoms with van der Waals surface area (Å²) in [6, 6.07) is 5.10. The first kappa shape index (κ1) is 13.8. The molecular formula is C9H9ClNaO3. The maximum atomic E-state index is 10.4. The number of carbonyl (C=O) groups is 1. The predicted molar refractivity (Wildman–Crippen MR) is 54.3 cm³/mol. The van der Waals surface area contributed by atoms with Gasteiger partial charge in [-0.2, -0.15) is 0 Å². The van der Waals surface area contributed by atoms with Gasteiger partial charge in [-0.3, -0.25) is 9.78 Å². The van der Waals surface area contributed by atoms with Crippen molar-refractivity contribution in [2.45, 2.75) is 13.8 Å². The van der Waals surface area contributed by atoms with Crippen LogP contribution in [0.1, 0.15) is 12.5 Å². The topological polar surface area (TPSA) is 35.5 Å². The molecule has 0 unspecified atom stereocenters. The van der Waals surface area contributed by atoms with Gasteiger partial charge in [0.2, 0.25) is 0 Å². The standard InChI is InChI=1S/C9H9ClO3.Na/c1-6-3-4-8(10)5-9(6)13-12-7(2)11;/h3-5H,1-2H3;. The van der Waals surface area contributed by atoms with E-state index in [2.05, 4.69) is 4.89 Å². The Kier molecular flexibility index (Phi) is 6.20. The van der Waals surface area contributed by atoms with E-state index in [-0.39, 0.29) is 29.6 Å². The van der Waals surface area contributed by atoms with E-state index in [4.69, 9.17) is 16.5 Å². The van der Waals surface area contributed by atoms with Gasteiger partial charge in [0.15, 0.2) is 5.75 Å². The van der Waals surface area contributed by atoms with E-state index in [0.717, 1.165) is 5.56 Å². The van der Waals surface area contributed by atoms with Crippen molar-refractivity contribution in [3.8, 4) is 5.75 Å². The molecule has 0 aliphatic rings. The molecule has 0 N–H and O–H groups in total. The van der Waals surface area contributed by atoms with Gasteiger partial charge in [-0.25, -0.2) is 4.79 Å². The summed E-state index contributed by atoms with van der Waals surface area (Å²) in [4.78, 5) is 19.5. The Balaban J connectivity index is 0.00000169. The Labute approximate surface area is 110 Å². The maximum absolute atomic E-state index is 10.4. The van der Waals surface area contributed by atoms with Crippen LogP contribution in [0.15, 0.2) is 18.2 Å². The second-order valence-corrected chi connectivity index (χ2v) is 3.00. The minimum absolute atomic E-state index is 0. The third-order valence-electron chi connectivity index (χ3n) is 1.40. The molecule has 0 saturated heterocycles. The molecule has 1 rings (SSSR count). The third-order valence-corrected chi connectivity index (χ3v) is 1.63. The molecule has 71 valence electrons. The minimum atomic E-state index is -0.501. The summed E-state index contributed by atoms with van der Waals surface area (Å²) in [5.41, 5.74) is 0.852. The molecule has 0 bridgehead atoms. The fourth-order valence-electron chi connectivity index (χ4n) is 0.767. The van der Waals surface area contributed by atoms with Gasteiger partial charge < -0.3 is 0 Å². The van der Waals surface area contributed by atoms with Crippen LogP contribution in [0.25, 0.3) is 0 Å². The van der Waals surface area contributed by atoms with Crippen LogP contribution in [0, 0.1) is 6.92 Å². The van der Waals surface area contributed by atoms with Crippen LogP contribution in [0.5, 0.6) is 5.75 Å². The normalized spacial score (nSPS) is 8.79. The van der Waals surface area contributed by atoms with Crippen LogP contribution in [-0.2, 0) is 9.68 Å². The average Bonchev–Trinajstić information content (AvgIpc) is 2.06. The van der Waals surface area contributed by atoms with Crippen molar-refractivity contribution in [1.82, 2.24) is 0 Å². The zero-order valence-corrected chi connectivity index (χ0v) is 11.1. The van der Waals surface area contributed by atoms with E-state index >= 15 is 0 Å². The zero-order valence-electron chi connectivity index (χ0n) is 8.33. The third kappa shape index (κ3) is 4.33. The number of hydrogen-bond donors (Lipinski definition) is 0. The van der Waals surface area contributed by atoms with Gasteiger partial charge in [0, 0.05) is 47.6 Å². The summed E-state index contributed by atoms with van der Waals surface area (Å²) in [6.45, 7) is 3.09. The number of carbonyl (C=O) groups excluding carboxylic acids is 1. The first-order valence-corrected chi connectivity index (χ1v) is 4.08. The van der Waals surface area contributed by atoms with Crippen LogP contribution in [0.4, 0.5) is 0 Å². The van der Waals surface area contributed by atoms with E-state index in [1.54, 1.807) is 18.2 Å². The van der Waals surface area contributed by atoms with Gasteiger partial charge in [0.25, 0.3) is 0 Å². The molecule has 0 aliphatic heterocycles. The quantitative estimate of drug-likeness (QED) is 0.438. The predicted octanol–water partition coefficient (Wildman–Crippen LogP) is 2.12. The molecule has 3 nitrogen and oxygen atoms in total. The summed E-state index contributed by atoms with van der Waals surface area (Å²) >= 11 is 5.71.